The highest BCUT2D eigenvalue weighted by Crippen LogP contribution is 2.29. The molecule has 1 amide bonds. The van der Waals surface area contributed by atoms with Crippen molar-refractivity contribution >= 4 is 11.8 Å². The Kier molecular flexibility index (Phi) is 3.10. The first-order chi connectivity index (χ1) is 8.20. The molecular formula is C14H13NO2. The van der Waals surface area contributed by atoms with Crippen LogP contribution in [0.2, 0.25) is 0 Å². The number of carbonyl (C=O) groups is 1. The molecule has 0 bridgehead atoms. The molecule has 3 nitrogen and oxygen atoms in total. The number of para-hydroxylation sites is 1. The van der Waals surface area contributed by atoms with E-state index in [9.17, 15) is 4.79 Å². The molecule has 0 unspecified atom stereocenters. The fourth-order valence-corrected chi connectivity index (χ4v) is 1.73. The van der Waals surface area contributed by atoms with E-state index in [1.807, 2.05) is 48.5 Å². The Morgan fingerprint density at radius 3 is 2.24 bits per heavy atom. The summed E-state index contributed by atoms with van der Waals surface area (Å²) >= 11 is 0. The van der Waals surface area contributed by atoms with Crippen molar-refractivity contribution in [3.8, 4) is 11.1 Å². The number of hydrogen-bond donors (Lipinski definition) is 1. The zero-order chi connectivity index (χ0) is 12.3. The van der Waals surface area contributed by atoms with Gasteiger partial charge in [-0.15, -0.1) is 0 Å². The van der Waals surface area contributed by atoms with Gasteiger partial charge in [-0.3, -0.25) is 4.90 Å². The van der Waals surface area contributed by atoms with Crippen LogP contribution in [0.1, 0.15) is 0 Å². The Labute approximate surface area is 99.9 Å². The molecule has 0 saturated heterocycles. The van der Waals surface area contributed by atoms with E-state index in [4.69, 9.17) is 5.11 Å². The molecule has 0 atom stereocenters. The van der Waals surface area contributed by atoms with E-state index in [0.29, 0.717) is 5.69 Å². The van der Waals surface area contributed by atoms with Gasteiger partial charge in [-0.05, 0) is 11.6 Å². The largest absolute Gasteiger partial charge is 0.465 e. The molecule has 2 rings (SSSR count). The molecule has 0 radical (unpaired) electrons. The van der Waals surface area contributed by atoms with E-state index < -0.39 is 6.09 Å². The Balaban J connectivity index is 2.52. The molecule has 2 aromatic carbocycles. The van der Waals surface area contributed by atoms with Gasteiger partial charge in [-0.25, -0.2) is 4.79 Å². The van der Waals surface area contributed by atoms with Crippen molar-refractivity contribution in [3.05, 3.63) is 54.6 Å². The summed E-state index contributed by atoms with van der Waals surface area (Å²) in [5, 5.41) is 9.03. The molecule has 0 aliphatic heterocycles. The highest BCUT2D eigenvalue weighted by atomic mass is 16.4. The number of benzene rings is 2. The molecule has 2 aromatic rings. The van der Waals surface area contributed by atoms with Gasteiger partial charge in [0.15, 0.2) is 0 Å². The Bertz CT molecular complexity index is 523. The molecule has 3 heteroatoms. The van der Waals surface area contributed by atoms with Crippen LogP contribution in [0.25, 0.3) is 11.1 Å². The third-order valence-corrected chi connectivity index (χ3v) is 2.64. The molecule has 0 fully saturated rings. The average molecular weight is 227 g/mol. The van der Waals surface area contributed by atoms with Crippen LogP contribution in [0.5, 0.6) is 0 Å². The van der Waals surface area contributed by atoms with Crippen molar-refractivity contribution in [2.75, 3.05) is 11.9 Å². The van der Waals surface area contributed by atoms with Crippen molar-refractivity contribution in [1.29, 1.82) is 0 Å². The van der Waals surface area contributed by atoms with E-state index in [1.54, 1.807) is 13.1 Å². The van der Waals surface area contributed by atoms with Crippen LogP contribution in [0.15, 0.2) is 54.6 Å². The quantitative estimate of drug-likeness (QED) is 0.853. The minimum atomic E-state index is -0.964. The molecule has 17 heavy (non-hydrogen) atoms. The lowest BCUT2D eigenvalue weighted by Crippen LogP contribution is -2.24. The number of carboxylic acid groups (broad SMARTS) is 1. The fourth-order valence-electron chi connectivity index (χ4n) is 1.73. The molecule has 0 heterocycles. The topological polar surface area (TPSA) is 40.5 Å². The van der Waals surface area contributed by atoms with Crippen LogP contribution in [0.4, 0.5) is 10.5 Å². The molecular weight excluding hydrogens is 214 g/mol. The van der Waals surface area contributed by atoms with Crippen LogP contribution in [-0.4, -0.2) is 18.2 Å². The second kappa shape index (κ2) is 4.70. The van der Waals surface area contributed by atoms with Gasteiger partial charge in [0.2, 0.25) is 0 Å². The molecule has 1 N–H and O–H groups in total. The summed E-state index contributed by atoms with van der Waals surface area (Å²) in [5.41, 5.74) is 2.61. The SMILES string of the molecule is CN(C(=O)O)c1ccccc1-c1ccccc1. The summed E-state index contributed by atoms with van der Waals surface area (Å²) in [6, 6.07) is 17.2. The van der Waals surface area contributed by atoms with E-state index in [-0.39, 0.29) is 0 Å². The molecule has 0 saturated carbocycles. The smallest absolute Gasteiger partial charge is 0.411 e. The number of anilines is 1. The Hall–Kier alpha value is -2.29. The summed E-state index contributed by atoms with van der Waals surface area (Å²) < 4.78 is 0. The van der Waals surface area contributed by atoms with Crippen LogP contribution in [0.3, 0.4) is 0 Å². The first-order valence-electron chi connectivity index (χ1n) is 5.31. The zero-order valence-corrected chi connectivity index (χ0v) is 9.50. The highest BCUT2D eigenvalue weighted by molar-refractivity contribution is 5.92. The van der Waals surface area contributed by atoms with Crippen LogP contribution < -0.4 is 4.90 Å². The second-order valence-electron chi connectivity index (χ2n) is 3.72. The normalized spacial score (nSPS) is 9.94. The van der Waals surface area contributed by atoms with Gasteiger partial charge < -0.3 is 5.11 Å². The molecule has 86 valence electrons. The lowest BCUT2D eigenvalue weighted by Gasteiger charge is -2.17. The van der Waals surface area contributed by atoms with Gasteiger partial charge in [-0.1, -0.05) is 48.5 Å². The second-order valence-corrected chi connectivity index (χ2v) is 3.72. The monoisotopic (exact) mass is 227 g/mol. The van der Waals surface area contributed by atoms with E-state index >= 15 is 0 Å². The third-order valence-electron chi connectivity index (χ3n) is 2.64. The minimum Gasteiger partial charge on any atom is -0.465 e. The predicted octanol–water partition coefficient (Wildman–Crippen LogP) is 3.47. The lowest BCUT2D eigenvalue weighted by atomic mass is 10.0. The maximum Gasteiger partial charge on any atom is 0.411 e. The average Bonchev–Trinajstić information content (AvgIpc) is 2.39. The molecule has 0 spiro atoms. The molecule has 0 aliphatic carbocycles. The van der Waals surface area contributed by atoms with Crippen molar-refractivity contribution in [1.82, 2.24) is 0 Å². The first kappa shape index (κ1) is 11.2. The van der Waals surface area contributed by atoms with E-state index in [0.717, 1.165) is 11.1 Å². The molecule has 0 aliphatic rings. The van der Waals surface area contributed by atoms with Crippen LogP contribution in [-0.2, 0) is 0 Å². The number of amides is 1. The predicted molar refractivity (Wildman–Crippen MR) is 68.3 cm³/mol. The maximum absolute atomic E-state index is 11.0. The maximum atomic E-state index is 11.0. The van der Waals surface area contributed by atoms with E-state index in [1.165, 1.54) is 4.90 Å². The lowest BCUT2D eigenvalue weighted by molar-refractivity contribution is 0.203. The first-order valence-corrected chi connectivity index (χ1v) is 5.31. The van der Waals surface area contributed by atoms with Crippen molar-refractivity contribution in [3.63, 3.8) is 0 Å². The van der Waals surface area contributed by atoms with Crippen LogP contribution in [0, 0.1) is 0 Å². The zero-order valence-electron chi connectivity index (χ0n) is 9.50. The summed E-state index contributed by atoms with van der Waals surface area (Å²) in [4.78, 5) is 12.2. The van der Waals surface area contributed by atoms with Crippen molar-refractivity contribution in [2.45, 2.75) is 0 Å². The summed E-state index contributed by atoms with van der Waals surface area (Å²) in [6.07, 6.45) is -0.964. The highest BCUT2D eigenvalue weighted by Gasteiger charge is 2.13. The summed E-state index contributed by atoms with van der Waals surface area (Å²) in [5.74, 6) is 0. The number of nitrogens with zero attached hydrogens (tertiary/aromatic N) is 1. The van der Waals surface area contributed by atoms with Gasteiger partial charge in [0.25, 0.3) is 0 Å². The van der Waals surface area contributed by atoms with Gasteiger partial charge in [0.05, 0.1) is 5.69 Å². The van der Waals surface area contributed by atoms with Gasteiger partial charge in [-0.2, -0.15) is 0 Å². The molecule has 0 aromatic heterocycles. The van der Waals surface area contributed by atoms with Crippen LogP contribution >= 0.6 is 0 Å². The van der Waals surface area contributed by atoms with Crippen molar-refractivity contribution in [2.24, 2.45) is 0 Å². The third kappa shape index (κ3) is 2.28. The number of rotatable bonds is 2. The van der Waals surface area contributed by atoms with Crippen molar-refractivity contribution < 1.29 is 9.90 Å². The van der Waals surface area contributed by atoms with E-state index in [2.05, 4.69) is 0 Å². The minimum absolute atomic E-state index is 0.686. The van der Waals surface area contributed by atoms with Gasteiger partial charge >= 0.3 is 6.09 Å². The summed E-state index contributed by atoms with van der Waals surface area (Å²) in [6.45, 7) is 0. The summed E-state index contributed by atoms with van der Waals surface area (Å²) in [7, 11) is 1.55. The Morgan fingerprint density at radius 1 is 1.00 bits per heavy atom. The standard InChI is InChI=1S/C14H13NO2/c1-15(14(16)17)13-10-6-5-9-12(13)11-7-3-2-4-8-11/h2-10H,1H3,(H,16,17). The van der Waals surface area contributed by atoms with Gasteiger partial charge in [0.1, 0.15) is 0 Å². The Morgan fingerprint density at radius 2 is 1.59 bits per heavy atom. The van der Waals surface area contributed by atoms with Gasteiger partial charge in [0, 0.05) is 12.6 Å². The number of hydrogen-bond acceptors (Lipinski definition) is 1. The fraction of sp³-hybridized carbons (Fsp3) is 0.0714.